The Balaban J connectivity index is 2.57. The van der Waals surface area contributed by atoms with E-state index in [1.165, 1.54) is 0 Å². The predicted molar refractivity (Wildman–Crippen MR) is 60.9 cm³/mol. The number of anilines is 1. The molecule has 0 radical (unpaired) electrons. The van der Waals surface area contributed by atoms with Gasteiger partial charge < -0.3 is 5.73 Å². The van der Waals surface area contributed by atoms with Crippen LogP contribution >= 0.6 is 11.6 Å². The lowest BCUT2D eigenvalue weighted by molar-refractivity contribution is 0.657. The average molecular weight is 239 g/mol. The Morgan fingerprint density at radius 3 is 2.75 bits per heavy atom. The van der Waals surface area contributed by atoms with Gasteiger partial charge in [-0.2, -0.15) is 20.1 Å². The molecule has 0 spiro atoms. The van der Waals surface area contributed by atoms with Crippen LogP contribution < -0.4 is 5.73 Å². The van der Waals surface area contributed by atoms with Crippen LogP contribution in [-0.4, -0.2) is 24.7 Å². The summed E-state index contributed by atoms with van der Waals surface area (Å²) in [6.45, 7) is 4.62. The molecule has 2 aromatic rings. The highest BCUT2D eigenvalue weighted by molar-refractivity contribution is 6.28. The smallest absolute Gasteiger partial charge is 0.227 e. The number of hydrogen-bond acceptors (Lipinski definition) is 5. The molecule has 6 nitrogen and oxygen atoms in total. The average Bonchev–Trinajstić information content (AvgIpc) is 2.58. The Morgan fingerprint density at radius 1 is 1.38 bits per heavy atom. The van der Waals surface area contributed by atoms with Crippen LogP contribution in [0.4, 0.5) is 5.95 Å². The van der Waals surface area contributed by atoms with Crippen LogP contribution in [-0.2, 0) is 6.54 Å². The van der Waals surface area contributed by atoms with Gasteiger partial charge >= 0.3 is 0 Å². The summed E-state index contributed by atoms with van der Waals surface area (Å²) >= 11 is 5.73. The molecule has 0 saturated carbocycles. The highest BCUT2D eigenvalue weighted by Gasteiger charge is 2.11. The molecule has 0 aliphatic rings. The molecule has 2 aromatic heterocycles. The zero-order valence-electron chi connectivity index (χ0n) is 8.98. The lowest BCUT2D eigenvalue weighted by atomic mass is 10.3. The Bertz CT molecular complexity index is 500. The van der Waals surface area contributed by atoms with Crippen molar-refractivity contribution < 1.29 is 0 Å². The molecule has 84 valence electrons. The summed E-state index contributed by atoms with van der Waals surface area (Å²) in [4.78, 5) is 11.8. The Morgan fingerprint density at radius 2 is 2.12 bits per heavy atom. The number of nitrogens with zero attached hydrogens (tertiary/aromatic N) is 5. The van der Waals surface area contributed by atoms with Gasteiger partial charge in [-0.3, -0.25) is 4.68 Å². The van der Waals surface area contributed by atoms with Crippen molar-refractivity contribution in [2.75, 3.05) is 5.73 Å². The highest BCUT2D eigenvalue weighted by Crippen LogP contribution is 2.18. The first-order valence-electron chi connectivity index (χ1n) is 4.82. The number of hydrogen-bond donors (Lipinski definition) is 1. The molecular weight excluding hydrogens is 228 g/mol. The monoisotopic (exact) mass is 238 g/mol. The van der Waals surface area contributed by atoms with Crippen molar-refractivity contribution in [2.24, 2.45) is 0 Å². The van der Waals surface area contributed by atoms with Gasteiger partial charge in [0.05, 0.1) is 5.69 Å². The zero-order valence-corrected chi connectivity index (χ0v) is 9.73. The summed E-state index contributed by atoms with van der Waals surface area (Å²) in [5, 5.41) is 4.38. The quantitative estimate of drug-likeness (QED) is 0.853. The summed E-state index contributed by atoms with van der Waals surface area (Å²) in [5.41, 5.74) is 7.20. The molecule has 0 aromatic carbocycles. The first-order chi connectivity index (χ1) is 7.60. The van der Waals surface area contributed by atoms with Gasteiger partial charge in [0.15, 0.2) is 5.82 Å². The van der Waals surface area contributed by atoms with Crippen LogP contribution in [0.15, 0.2) is 6.07 Å². The number of rotatable bonds is 2. The first kappa shape index (κ1) is 10.8. The Hall–Kier alpha value is -1.69. The maximum atomic E-state index is 5.73. The summed E-state index contributed by atoms with van der Waals surface area (Å²) in [6, 6.07) is 1.88. The molecule has 0 bridgehead atoms. The molecule has 0 unspecified atom stereocenters. The largest absolute Gasteiger partial charge is 0.368 e. The van der Waals surface area contributed by atoms with Crippen molar-refractivity contribution in [1.29, 1.82) is 0 Å². The lowest BCUT2D eigenvalue weighted by Gasteiger charge is -2.03. The summed E-state index contributed by atoms with van der Waals surface area (Å²) in [7, 11) is 0. The number of halogens is 1. The molecule has 16 heavy (non-hydrogen) atoms. The van der Waals surface area contributed by atoms with Crippen molar-refractivity contribution in [1.82, 2.24) is 24.7 Å². The second-order valence-corrected chi connectivity index (χ2v) is 3.61. The molecule has 0 saturated heterocycles. The fourth-order valence-corrected chi connectivity index (χ4v) is 1.61. The van der Waals surface area contributed by atoms with Crippen LogP contribution in [0.5, 0.6) is 0 Å². The predicted octanol–water partition coefficient (Wildman–Crippen LogP) is 1.30. The number of aryl methyl sites for hydroxylation is 2. The second-order valence-electron chi connectivity index (χ2n) is 3.27. The molecular formula is C9H11ClN6. The number of aromatic nitrogens is 5. The van der Waals surface area contributed by atoms with Crippen LogP contribution in [0.25, 0.3) is 11.5 Å². The molecule has 0 atom stereocenters. The lowest BCUT2D eigenvalue weighted by Crippen LogP contribution is -2.05. The van der Waals surface area contributed by atoms with E-state index >= 15 is 0 Å². The SMILES string of the molecule is CCn1nc(C)cc1-c1nc(N)nc(Cl)n1. The van der Waals surface area contributed by atoms with Crippen LogP contribution in [0, 0.1) is 6.92 Å². The number of nitrogen functional groups attached to an aromatic ring is 1. The third-order valence-electron chi connectivity index (χ3n) is 2.06. The van der Waals surface area contributed by atoms with Crippen LogP contribution in [0.3, 0.4) is 0 Å². The van der Waals surface area contributed by atoms with E-state index in [0.717, 1.165) is 17.9 Å². The fourth-order valence-electron chi connectivity index (χ4n) is 1.45. The van der Waals surface area contributed by atoms with Crippen molar-refractivity contribution in [3.05, 3.63) is 17.0 Å². The van der Waals surface area contributed by atoms with Crippen LogP contribution in [0.1, 0.15) is 12.6 Å². The zero-order chi connectivity index (χ0) is 11.7. The minimum atomic E-state index is 0.0870. The van der Waals surface area contributed by atoms with E-state index in [0.29, 0.717) is 5.82 Å². The van der Waals surface area contributed by atoms with Crippen molar-refractivity contribution in [2.45, 2.75) is 20.4 Å². The van der Waals surface area contributed by atoms with Crippen molar-refractivity contribution in [3.8, 4) is 11.5 Å². The van der Waals surface area contributed by atoms with Crippen LogP contribution in [0.2, 0.25) is 5.28 Å². The van der Waals surface area contributed by atoms with E-state index in [9.17, 15) is 0 Å². The third kappa shape index (κ3) is 1.96. The topological polar surface area (TPSA) is 82.5 Å². The maximum Gasteiger partial charge on any atom is 0.227 e. The molecule has 2 heterocycles. The molecule has 7 heteroatoms. The fraction of sp³-hybridized carbons (Fsp3) is 0.333. The highest BCUT2D eigenvalue weighted by atomic mass is 35.5. The first-order valence-corrected chi connectivity index (χ1v) is 5.20. The molecule has 0 amide bonds. The molecule has 2 N–H and O–H groups in total. The molecule has 0 aliphatic carbocycles. The van der Waals surface area contributed by atoms with E-state index in [2.05, 4.69) is 20.1 Å². The Kier molecular flexibility index (Phi) is 2.74. The van der Waals surface area contributed by atoms with Gasteiger partial charge in [0.2, 0.25) is 11.2 Å². The van der Waals surface area contributed by atoms with E-state index in [1.807, 2.05) is 19.9 Å². The van der Waals surface area contributed by atoms with E-state index in [4.69, 9.17) is 17.3 Å². The van der Waals surface area contributed by atoms with E-state index in [1.54, 1.807) is 4.68 Å². The summed E-state index contributed by atoms with van der Waals surface area (Å²) in [5.74, 6) is 0.552. The minimum absolute atomic E-state index is 0.0870. The summed E-state index contributed by atoms with van der Waals surface area (Å²) < 4.78 is 1.79. The van der Waals surface area contributed by atoms with Gasteiger partial charge in [-0.15, -0.1) is 0 Å². The van der Waals surface area contributed by atoms with Crippen molar-refractivity contribution in [3.63, 3.8) is 0 Å². The van der Waals surface area contributed by atoms with Gasteiger partial charge in [0, 0.05) is 6.54 Å². The van der Waals surface area contributed by atoms with Gasteiger partial charge in [0.1, 0.15) is 5.69 Å². The van der Waals surface area contributed by atoms with Gasteiger partial charge in [-0.25, -0.2) is 0 Å². The van der Waals surface area contributed by atoms with E-state index in [-0.39, 0.29) is 11.2 Å². The normalized spacial score (nSPS) is 10.7. The molecule has 2 rings (SSSR count). The van der Waals surface area contributed by atoms with Gasteiger partial charge in [0.25, 0.3) is 0 Å². The summed E-state index contributed by atoms with van der Waals surface area (Å²) in [6.07, 6.45) is 0. The van der Waals surface area contributed by atoms with E-state index < -0.39 is 0 Å². The second kappa shape index (κ2) is 4.05. The molecule has 0 fully saturated rings. The van der Waals surface area contributed by atoms with Gasteiger partial charge in [-0.05, 0) is 31.5 Å². The minimum Gasteiger partial charge on any atom is -0.368 e. The Labute approximate surface area is 97.5 Å². The standard InChI is InChI=1S/C9H11ClN6/c1-3-16-6(4-5(2)15-16)7-12-8(10)14-9(11)13-7/h4H,3H2,1-2H3,(H2,11,12,13,14). The molecule has 0 aliphatic heterocycles. The van der Waals surface area contributed by atoms with Crippen molar-refractivity contribution >= 4 is 17.5 Å². The maximum absolute atomic E-state index is 5.73. The third-order valence-corrected chi connectivity index (χ3v) is 2.23. The van der Waals surface area contributed by atoms with Gasteiger partial charge in [-0.1, -0.05) is 0 Å². The number of nitrogens with two attached hydrogens (primary N) is 1.